The number of aromatic nitrogens is 2. The molecule has 7 nitrogen and oxygen atoms in total. The summed E-state index contributed by atoms with van der Waals surface area (Å²) >= 11 is 0. The Hall–Kier alpha value is -1.77. The predicted octanol–water partition coefficient (Wildman–Crippen LogP) is 1.50. The monoisotopic (exact) mass is 363 g/mol. The normalized spacial score (nSPS) is 25.1. The summed E-state index contributed by atoms with van der Waals surface area (Å²) in [5, 5.41) is 0. The highest BCUT2D eigenvalue weighted by molar-refractivity contribution is 7.89. The molecule has 0 saturated heterocycles. The Morgan fingerprint density at radius 1 is 1.36 bits per heavy atom. The maximum Gasteiger partial charge on any atom is 0.266 e. The van der Waals surface area contributed by atoms with Crippen molar-refractivity contribution in [3.8, 4) is 0 Å². The van der Waals surface area contributed by atoms with Crippen molar-refractivity contribution in [2.45, 2.75) is 42.7 Å². The largest absolute Gasteiger partial charge is 0.381 e. The summed E-state index contributed by atoms with van der Waals surface area (Å²) in [7, 11) is -0.285. The van der Waals surface area contributed by atoms with Crippen molar-refractivity contribution in [3.63, 3.8) is 0 Å². The van der Waals surface area contributed by atoms with Crippen LogP contribution in [0.4, 0.5) is 0 Å². The van der Waals surface area contributed by atoms with Crippen LogP contribution in [0, 0.1) is 5.41 Å². The average Bonchev–Trinajstić information content (AvgIpc) is 2.52. The van der Waals surface area contributed by atoms with E-state index in [2.05, 4.69) is 9.97 Å². The Morgan fingerprint density at radius 2 is 2.12 bits per heavy atom. The van der Waals surface area contributed by atoms with Crippen molar-refractivity contribution >= 4 is 21.1 Å². The van der Waals surface area contributed by atoms with Gasteiger partial charge in [-0.1, -0.05) is 6.42 Å². The van der Waals surface area contributed by atoms with E-state index in [1.807, 2.05) is 0 Å². The highest BCUT2D eigenvalue weighted by atomic mass is 32.2. The molecule has 2 aliphatic rings. The summed E-state index contributed by atoms with van der Waals surface area (Å²) < 4.78 is 33.2. The Morgan fingerprint density at radius 3 is 2.76 bits per heavy atom. The van der Waals surface area contributed by atoms with E-state index in [1.165, 1.54) is 16.4 Å². The van der Waals surface area contributed by atoms with Crippen LogP contribution >= 0.6 is 0 Å². The zero-order valence-electron chi connectivity index (χ0n) is 14.2. The van der Waals surface area contributed by atoms with E-state index in [-0.39, 0.29) is 28.0 Å². The summed E-state index contributed by atoms with van der Waals surface area (Å²) in [6, 6.07) is 4.58. The van der Waals surface area contributed by atoms with Gasteiger partial charge >= 0.3 is 0 Å². The molecule has 25 heavy (non-hydrogen) atoms. The van der Waals surface area contributed by atoms with Crippen molar-refractivity contribution in [2.24, 2.45) is 5.41 Å². The first-order valence-electron chi connectivity index (χ1n) is 8.38. The lowest BCUT2D eigenvalue weighted by atomic mass is 9.51. The molecule has 0 amide bonds. The number of nitrogens with one attached hydrogen (secondary N) is 1. The van der Waals surface area contributed by atoms with E-state index in [1.54, 1.807) is 20.2 Å². The van der Waals surface area contributed by atoms with Crippen molar-refractivity contribution in [1.29, 1.82) is 0 Å². The highest BCUT2D eigenvalue weighted by Crippen LogP contribution is 2.59. The van der Waals surface area contributed by atoms with Gasteiger partial charge in [-0.2, -0.15) is 4.31 Å². The molecule has 1 N–H and O–H groups in total. The molecule has 1 spiro atoms. The number of H-pyrrole nitrogens is 1. The predicted molar refractivity (Wildman–Crippen MR) is 92.8 cm³/mol. The molecule has 1 aromatic heterocycles. The van der Waals surface area contributed by atoms with Gasteiger partial charge in [0.25, 0.3) is 5.56 Å². The van der Waals surface area contributed by atoms with Crippen LogP contribution in [0.25, 0.3) is 11.0 Å². The molecule has 2 aliphatic carbocycles. The van der Waals surface area contributed by atoms with Gasteiger partial charge in [-0.05, 0) is 37.5 Å². The third kappa shape index (κ3) is 2.35. The second kappa shape index (κ2) is 5.62. The molecular formula is C17H21N3O4S. The van der Waals surface area contributed by atoms with E-state index in [0.717, 1.165) is 31.9 Å². The molecule has 8 heteroatoms. The maximum absolute atomic E-state index is 13.1. The van der Waals surface area contributed by atoms with Crippen LogP contribution in [0.2, 0.25) is 0 Å². The summed E-state index contributed by atoms with van der Waals surface area (Å²) in [6.45, 7) is 0. The minimum Gasteiger partial charge on any atom is -0.381 e. The third-order valence-electron chi connectivity index (χ3n) is 5.98. The lowest BCUT2D eigenvalue weighted by Crippen LogP contribution is -2.67. The first kappa shape index (κ1) is 16.7. The number of sulfonamides is 1. The fraction of sp³-hybridized carbons (Fsp3) is 0.529. The number of ether oxygens (including phenoxy) is 1. The van der Waals surface area contributed by atoms with Gasteiger partial charge in [-0.15, -0.1) is 0 Å². The number of rotatable bonds is 4. The van der Waals surface area contributed by atoms with Crippen LogP contribution in [-0.4, -0.2) is 49.0 Å². The van der Waals surface area contributed by atoms with Crippen molar-refractivity contribution in [2.75, 3.05) is 14.2 Å². The van der Waals surface area contributed by atoms with Gasteiger partial charge < -0.3 is 9.72 Å². The lowest BCUT2D eigenvalue weighted by Gasteiger charge is -2.62. The first-order chi connectivity index (χ1) is 11.9. The molecule has 4 rings (SSSR count). The molecule has 2 saturated carbocycles. The number of nitrogens with zero attached hydrogens (tertiary/aromatic N) is 2. The Labute approximate surface area is 146 Å². The number of hydrogen-bond donors (Lipinski definition) is 1. The molecule has 2 unspecified atom stereocenters. The van der Waals surface area contributed by atoms with Crippen LogP contribution in [0.15, 0.2) is 34.1 Å². The Bertz CT molecular complexity index is 981. The number of benzene rings is 1. The Balaban J connectivity index is 1.67. The minimum atomic E-state index is -3.63. The number of hydrogen-bond acceptors (Lipinski definition) is 5. The number of methoxy groups -OCH3 is 1. The summed E-state index contributed by atoms with van der Waals surface area (Å²) in [4.78, 5) is 18.2. The van der Waals surface area contributed by atoms with Gasteiger partial charge in [-0.25, -0.2) is 13.4 Å². The Kier molecular flexibility index (Phi) is 3.75. The van der Waals surface area contributed by atoms with E-state index in [4.69, 9.17) is 4.74 Å². The van der Waals surface area contributed by atoms with Gasteiger partial charge in [0.05, 0.1) is 28.2 Å². The standard InChI is InChI=1S/C17H21N3O4S/c1-20(14-9-15(24-2)17(14)6-3-7-17)25(22,23)11-4-5-12-13(8-11)18-10-16(21)19-12/h4-5,8,10,14-15H,3,6-7,9H2,1-2H3,(H,19,21). The third-order valence-corrected chi connectivity index (χ3v) is 7.84. The van der Waals surface area contributed by atoms with Gasteiger partial charge in [-0.3, -0.25) is 4.79 Å². The van der Waals surface area contributed by atoms with Crippen molar-refractivity contribution in [1.82, 2.24) is 14.3 Å². The lowest BCUT2D eigenvalue weighted by molar-refractivity contribution is -0.177. The average molecular weight is 363 g/mol. The summed E-state index contributed by atoms with van der Waals surface area (Å²) in [6.07, 6.45) is 5.17. The maximum atomic E-state index is 13.1. The van der Waals surface area contributed by atoms with E-state index >= 15 is 0 Å². The summed E-state index contributed by atoms with van der Waals surface area (Å²) in [5.41, 5.74) is 0.632. The van der Waals surface area contributed by atoms with Crippen LogP contribution in [0.5, 0.6) is 0 Å². The van der Waals surface area contributed by atoms with Gasteiger partial charge in [0, 0.05) is 25.6 Å². The number of aromatic amines is 1. The van der Waals surface area contributed by atoms with Gasteiger partial charge in [0.1, 0.15) is 0 Å². The van der Waals surface area contributed by atoms with Crippen molar-refractivity contribution < 1.29 is 13.2 Å². The van der Waals surface area contributed by atoms with Gasteiger partial charge in [0.2, 0.25) is 10.0 Å². The molecule has 1 aromatic carbocycles. The van der Waals surface area contributed by atoms with Gasteiger partial charge in [0.15, 0.2) is 0 Å². The second-order valence-corrected chi connectivity index (χ2v) is 9.01. The molecule has 2 fully saturated rings. The SMILES string of the molecule is COC1CC(N(C)S(=O)(=O)c2ccc3[nH]c(=O)cnc3c2)C12CCC2. The first-order valence-corrected chi connectivity index (χ1v) is 9.82. The zero-order valence-corrected chi connectivity index (χ0v) is 15.0. The molecule has 2 aromatic rings. The van der Waals surface area contributed by atoms with E-state index in [0.29, 0.717) is 11.0 Å². The molecule has 0 bridgehead atoms. The highest BCUT2D eigenvalue weighted by Gasteiger charge is 2.61. The van der Waals surface area contributed by atoms with E-state index in [9.17, 15) is 13.2 Å². The second-order valence-electron chi connectivity index (χ2n) is 7.01. The quantitative estimate of drug-likeness (QED) is 0.889. The molecule has 0 aliphatic heterocycles. The fourth-order valence-electron chi connectivity index (χ4n) is 4.32. The molecule has 2 atom stereocenters. The summed E-state index contributed by atoms with van der Waals surface area (Å²) in [5.74, 6) is 0. The zero-order chi connectivity index (χ0) is 17.8. The number of fused-ring (bicyclic) bond motifs is 1. The molecular weight excluding hydrogens is 342 g/mol. The molecule has 0 radical (unpaired) electrons. The topological polar surface area (TPSA) is 92.4 Å². The smallest absolute Gasteiger partial charge is 0.266 e. The minimum absolute atomic E-state index is 0.0308. The van der Waals surface area contributed by atoms with Crippen LogP contribution in [-0.2, 0) is 14.8 Å². The fourth-order valence-corrected chi connectivity index (χ4v) is 5.78. The van der Waals surface area contributed by atoms with Crippen LogP contribution in [0.3, 0.4) is 0 Å². The van der Waals surface area contributed by atoms with E-state index < -0.39 is 10.0 Å². The molecule has 134 valence electrons. The molecule has 1 heterocycles. The van der Waals surface area contributed by atoms with Crippen molar-refractivity contribution in [3.05, 3.63) is 34.7 Å². The van der Waals surface area contributed by atoms with Crippen LogP contribution < -0.4 is 5.56 Å². The van der Waals surface area contributed by atoms with Crippen LogP contribution in [0.1, 0.15) is 25.7 Å².